The van der Waals surface area contributed by atoms with Crippen LogP contribution in [-0.2, 0) is 19.4 Å². The van der Waals surface area contributed by atoms with Crippen LogP contribution < -0.4 is 5.56 Å². The van der Waals surface area contributed by atoms with Crippen LogP contribution in [0.4, 0.5) is 5.69 Å². The van der Waals surface area contributed by atoms with E-state index in [4.69, 9.17) is 0 Å². The molecule has 0 aliphatic rings. The predicted molar refractivity (Wildman–Crippen MR) is 86.9 cm³/mol. The Balaban J connectivity index is 2.38. The summed E-state index contributed by atoms with van der Waals surface area (Å²) in [7, 11) is 0. The number of nitro groups is 1. The van der Waals surface area contributed by atoms with Crippen LogP contribution >= 0.6 is 0 Å². The van der Waals surface area contributed by atoms with E-state index in [9.17, 15) is 19.7 Å². The second kappa shape index (κ2) is 7.00. The fourth-order valence-electron chi connectivity index (χ4n) is 2.40. The van der Waals surface area contributed by atoms with Crippen LogP contribution in [0.15, 0.2) is 41.3 Å². The Morgan fingerprint density at radius 1 is 1.17 bits per heavy atom. The largest absolute Gasteiger partial charge is 0.301 e. The molecular formula is C17H18N2O4. The maximum atomic E-state index is 12.6. The number of hydrogen-bond donors (Lipinski definition) is 0. The smallest absolute Gasteiger partial charge is 0.285 e. The number of carbonyl (C=O) groups is 1. The van der Waals surface area contributed by atoms with Gasteiger partial charge in [0, 0.05) is 17.7 Å². The fourth-order valence-corrected chi connectivity index (χ4v) is 2.40. The van der Waals surface area contributed by atoms with Gasteiger partial charge in [-0.3, -0.25) is 19.7 Å². The zero-order chi connectivity index (χ0) is 17.0. The number of ketones is 1. The van der Waals surface area contributed by atoms with Gasteiger partial charge in [-0.2, -0.15) is 0 Å². The van der Waals surface area contributed by atoms with Crippen molar-refractivity contribution >= 4 is 11.5 Å². The van der Waals surface area contributed by atoms with Gasteiger partial charge in [-0.1, -0.05) is 26.0 Å². The highest BCUT2D eigenvalue weighted by Crippen LogP contribution is 2.15. The summed E-state index contributed by atoms with van der Waals surface area (Å²) in [5.74, 6) is -0.222. The Morgan fingerprint density at radius 2 is 1.91 bits per heavy atom. The van der Waals surface area contributed by atoms with Gasteiger partial charge in [0.15, 0.2) is 5.78 Å². The van der Waals surface area contributed by atoms with Crippen molar-refractivity contribution in [2.45, 2.75) is 33.2 Å². The number of carbonyl (C=O) groups excluding carboxylic acids is 1. The summed E-state index contributed by atoms with van der Waals surface area (Å²) in [4.78, 5) is 34.6. The average molecular weight is 314 g/mol. The van der Waals surface area contributed by atoms with Gasteiger partial charge in [0.05, 0.1) is 17.7 Å². The van der Waals surface area contributed by atoms with Gasteiger partial charge >= 0.3 is 0 Å². The molecule has 6 heteroatoms. The normalized spacial score (nSPS) is 10.5. The summed E-state index contributed by atoms with van der Waals surface area (Å²) in [5.41, 5.74) is 1.87. The number of nitrogens with zero attached hydrogens (tertiary/aromatic N) is 2. The van der Waals surface area contributed by atoms with Gasteiger partial charge in [0.2, 0.25) is 0 Å². The summed E-state index contributed by atoms with van der Waals surface area (Å²) < 4.78 is 1.08. The topological polar surface area (TPSA) is 82.2 Å². The molecule has 0 unspecified atom stereocenters. The molecule has 0 amide bonds. The molecule has 0 fully saturated rings. The molecule has 0 spiro atoms. The monoisotopic (exact) mass is 314 g/mol. The molecule has 0 saturated carbocycles. The molecule has 2 rings (SSSR count). The van der Waals surface area contributed by atoms with Crippen molar-refractivity contribution in [1.29, 1.82) is 0 Å². The van der Waals surface area contributed by atoms with Gasteiger partial charge in [0.1, 0.15) is 0 Å². The van der Waals surface area contributed by atoms with E-state index in [1.54, 1.807) is 0 Å². The van der Waals surface area contributed by atoms with E-state index in [1.165, 1.54) is 0 Å². The zero-order valence-corrected chi connectivity index (χ0v) is 13.1. The van der Waals surface area contributed by atoms with E-state index in [2.05, 4.69) is 0 Å². The highest BCUT2D eigenvalue weighted by Gasteiger charge is 2.15. The van der Waals surface area contributed by atoms with Gasteiger partial charge < -0.3 is 4.57 Å². The fraction of sp³-hybridized carbons (Fsp3) is 0.294. The van der Waals surface area contributed by atoms with Crippen LogP contribution in [0.1, 0.15) is 35.3 Å². The molecule has 0 radical (unpaired) electrons. The van der Waals surface area contributed by atoms with Gasteiger partial charge in [-0.15, -0.1) is 0 Å². The Hall–Kier alpha value is -2.76. The predicted octanol–water partition coefficient (Wildman–Crippen LogP) is 2.76. The van der Waals surface area contributed by atoms with E-state index in [1.807, 2.05) is 32.0 Å². The lowest BCUT2D eigenvalue weighted by atomic mass is 9.97. The lowest BCUT2D eigenvalue weighted by Crippen LogP contribution is -2.24. The Bertz CT molecular complexity index is 808. The van der Waals surface area contributed by atoms with E-state index < -0.39 is 10.5 Å². The number of Topliss-reactive ketones (excluding diaryl/α,β-unsaturated/α-hetero) is 1. The minimum absolute atomic E-state index is 0.208. The number of benzene rings is 1. The minimum Gasteiger partial charge on any atom is -0.301 e. The summed E-state index contributed by atoms with van der Waals surface area (Å²) in [6.07, 6.45) is 2.62. The molecule has 6 nitrogen and oxygen atoms in total. The lowest BCUT2D eigenvalue weighted by Gasteiger charge is -2.10. The third-order valence-electron chi connectivity index (χ3n) is 3.76. The van der Waals surface area contributed by atoms with Crippen molar-refractivity contribution in [3.05, 3.63) is 73.7 Å². The van der Waals surface area contributed by atoms with Crippen LogP contribution in [-0.4, -0.2) is 15.3 Å². The third kappa shape index (κ3) is 3.71. The van der Waals surface area contributed by atoms with Crippen molar-refractivity contribution in [2.75, 3.05) is 0 Å². The average Bonchev–Trinajstić information content (AvgIpc) is 2.55. The van der Waals surface area contributed by atoms with E-state index in [0.29, 0.717) is 12.0 Å². The Kier molecular flexibility index (Phi) is 5.05. The molecule has 0 atom stereocenters. The number of pyridine rings is 1. The Labute approximate surface area is 133 Å². The quantitative estimate of drug-likeness (QED) is 0.466. The first-order valence-corrected chi connectivity index (χ1v) is 7.46. The van der Waals surface area contributed by atoms with Gasteiger partial charge in [-0.05, 0) is 30.0 Å². The third-order valence-corrected chi connectivity index (χ3v) is 3.76. The second-order valence-electron chi connectivity index (χ2n) is 5.23. The first-order chi connectivity index (χ1) is 11.0. The van der Waals surface area contributed by atoms with Crippen LogP contribution in [0.3, 0.4) is 0 Å². The maximum absolute atomic E-state index is 12.6. The maximum Gasteiger partial charge on any atom is 0.285 e. The molecule has 0 aliphatic heterocycles. The van der Waals surface area contributed by atoms with Crippen LogP contribution in [0.2, 0.25) is 0 Å². The molecule has 0 bridgehead atoms. The van der Waals surface area contributed by atoms with Crippen molar-refractivity contribution in [3.8, 4) is 0 Å². The molecular weight excluding hydrogens is 296 g/mol. The summed E-state index contributed by atoms with van der Waals surface area (Å²) in [5, 5.41) is 10.8. The highest BCUT2D eigenvalue weighted by atomic mass is 16.6. The van der Waals surface area contributed by atoms with E-state index >= 15 is 0 Å². The Morgan fingerprint density at radius 3 is 2.52 bits per heavy atom. The lowest BCUT2D eigenvalue weighted by molar-refractivity contribution is -0.385. The van der Waals surface area contributed by atoms with Crippen LogP contribution in [0.5, 0.6) is 0 Å². The van der Waals surface area contributed by atoms with Crippen LogP contribution in [0.25, 0.3) is 0 Å². The SMILES string of the molecule is CCc1ccc(CC)c(C(=O)Cn2cc([N+](=O)[O-])ccc2=O)c1. The van der Waals surface area contributed by atoms with Crippen molar-refractivity contribution < 1.29 is 9.72 Å². The van der Waals surface area contributed by atoms with Crippen molar-refractivity contribution in [3.63, 3.8) is 0 Å². The summed E-state index contributed by atoms with van der Waals surface area (Å²) in [6, 6.07) is 7.98. The number of hydrogen-bond acceptors (Lipinski definition) is 4. The van der Waals surface area contributed by atoms with Gasteiger partial charge in [0.25, 0.3) is 11.2 Å². The highest BCUT2D eigenvalue weighted by molar-refractivity contribution is 5.97. The van der Waals surface area contributed by atoms with E-state index in [0.717, 1.165) is 40.4 Å². The number of rotatable bonds is 6. The first-order valence-electron chi connectivity index (χ1n) is 7.46. The molecule has 0 N–H and O–H groups in total. The molecule has 1 aromatic carbocycles. The zero-order valence-electron chi connectivity index (χ0n) is 13.1. The molecule has 0 saturated heterocycles. The second-order valence-corrected chi connectivity index (χ2v) is 5.23. The molecule has 120 valence electrons. The first kappa shape index (κ1) is 16.6. The molecule has 0 aliphatic carbocycles. The molecule has 2 aromatic rings. The summed E-state index contributed by atoms with van der Waals surface area (Å²) >= 11 is 0. The van der Waals surface area contributed by atoms with Crippen molar-refractivity contribution in [1.82, 2.24) is 4.57 Å². The molecule has 1 heterocycles. The standard InChI is InChI=1S/C17H18N2O4/c1-3-12-5-6-13(4-2)15(9-12)16(20)11-18-10-14(19(22)23)7-8-17(18)21/h5-10H,3-4,11H2,1-2H3. The number of aryl methyl sites for hydroxylation is 2. The minimum atomic E-state index is -0.588. The van der Waals surface area contributed by atoms with Gasteiger partial charge in [-0.25, -0.2) is 0 Å². The molecule has 23 heavy (non-hydrogen) atoms. The number of aromatic nitrogens is 1. The molecule has 1 aromatic heterocycles. The van der Waals surface area contributed by atoms with Crippen molar-refractivity contribution in [2.24, 2.45) is 0 Å². The summed E-state index contributed by atoms with van der Waals surface area (Å²) in [6.45, 7) is 3.75. The van der Waals surface area contributed by atoms with E-state index in [-0.39, 0.29) is 18.0 Å². The van der Waals surface area contributed by atoms with Crippen LogP contribution in [0, 0.1) is 10.1 Å².